The minimum absolute atomic E-state index is 1.02. The average molecular weight is 181 g/mol. The molecule has 2 heteroatoms. The third-order valence-electron chi connectivity index (χ3n) is 1.86. The van der Waals surface area contributed by atoms with Crippen molar-refractivity contribution >= 4 is 11.8 Å². The van der Waals surface area contributed by atoms with Gasteiger partial charge in [0.05, 0.1) is 0 Å². The van der Waals surface area contributed by atoms with Gasteiger partial charge in [-0.05, 0) is 42.0 Å². The predicted molar refractivity (Wildman–Crippen MR) is 57.1 cm³/mol. The summed E-state index contributed by atoms with van der Waals surface area (Å²) in [6.07, 6.45) is 8.61. The highest BCUT2D eigenvalue weighted by Crippen LogP contribution is 2.17. The van der Waals surface area contributed by atoms with Gasteiger partial charge in [0.15, 0.2) is 0 Å². The van der Waals surface area contributed by atoms with Gasteiger partial charge in [0.25, 0.3) is 0 Å². The smallest absolute Gasteiger partial charge is 0.0359 e. The van der Waals surface area contributed by atoms with E-state index >= 15 is 0 Å². The molecule has 0 spiro atoms. The number of rotatable bonds is 2. The Bertz CT molecular complexity index is 238. The molecule has 0 amide bonds. The largest absolute Gasteiger partial charge is 0.377 e. The molecule has 0 aromatic heterocycles. The third kappa shape index (κ3) is 2.45. The van der Waals surface area contributed by atoms with E-state index in [2.05, 4.69) is 48.9 Å². The normalized spacial score (nSPS) is 18.1. The highest BCUT2D eigenvalue weighted by atomic mass is 32.2. The van der Waals surface area contributed by atoms with Gasteiger partial charge in [-0.2, -0.15) is 0 Å². The van der Waals surface area contributed by atoms with Gasteiger partial charge in [-0.25, -0.2) is 0 Å². The Morgan fingerprint density at radius 1 is 1.67 bits per heavy atom. The van der Waals surface area contributed by atoms with E-state index in [1.54, 1.807) is 11.8 Å². The first-order valence-electron chi connectivity index (χ1n) is 4.02. The van der Waals surface area contributed by atoms with Crippen LogP contribution in [-0.4, -0.2) is 24.7 Å². The zero-order valence-corrected chi connectivity index (χ0v) is 8.69. The van der Waals surface area contributed by atoms with Crippen molar-refractivity contribution < 1.29 is 0 Å². The van der Waals surface area contributed by atoms with Crippen LogP contribution in [0.4, 0.5) is 0 Å². The SMILES string of the molecule is CSC=C(C)C1=CCN(C)C=C1. The minimum Gasteiger partial charge on any atom is -0.377 e. The summed E-state index contributed by atoms with van der Waals surface area (Å²) >= 11 is 1.75. The number of nitrogens with zero attached hydrogens (tertiary/aromatic N) is 1. The van der Waals surface area contributed by atoms with E-state index in [4.69, 9.17) is 0 Å². The third-order valence-corrected chi connectivity index (χ3v) is 2.45. The van der Waals surface area contributed by atoms with Crippen molar-refractivity contribution in [2.75, 3.05) is 19.8 Å². The molecule has 1 rings (SSSR count). The van der Waals surface area contributed by atoms with Crippen molar-refractivity contribution in [1.82, 2.24) is 4.90 Å². The maximum atomic E-state index is 2.25. The quantitative estimate of drug-likeness (QED) is 0.644. The molecule has 1 aliphatic heterocycles. The summed E-state index contributed by atoms with van der Waals surface area (Å²) in [4.78, 5) is 2.16. The van der Waals surface area contributed by atoms with Gasteiger partial charge in [0.1, 0.15) is 0 Å². The second-order valence-electron chi connectivity index (χ2n) is 2.95. The Morgan fingerprint density at radius 2 is 2.42 bits per heavy atom. The second-order valence-corrected chi connectivity index (χ2v) is 3.66. The van der Waals surface area contributed by atoms with Crippen LogP contribution in [0.5, 0.6) is 0 Å². The molecule has 0 fully saturated rings. The van der Waals surface area contributed by atoms with E-state index in [9.17, 15) is 0 Å². The second kappa shape index (κ2) is 4.41. The maximum Gasteiger partial charge on any atom is 0.0359 e. The van der Waals surface area contributed by atoms with Crippen molar-refractivity contribution in [1.29, 1.82) is 0 Å². The zero-order chi connectivity index (χ0) is 8.97. The molecule has 0 atom stereocenters. The number of hydrogen-bond donors (Lipinski definition) is 0. The minimum atomic E-state index is 1.02. The molecular weight excluding hydrogens is 166 g/mol. The van der Waals surface area contributed by atoms with E-state index in [1.165, 1.54) is 11.1 Å². The van der Waals surface area contributed by atoms with Crippen molar-refractivity contribution in [2.24, 2.45) is 0 Å². The van der Waals surface area contributed by atoms with E-state index < -0.39 is 0 Å². The van der Waals surface area contributed by atoms with E-state index in [-0.39, 0.29) is 0 Å². The Morgan fingerprint density at radius 3 is 2.92 bits per heavy atom. The summed E-state index contributed by atoms with van der Waals surface area (Å²) in [6, 6.07) is 0. The van der Waals surface area contributed by atoms with Crippen LogP contribution in [0.1, 0.15) is 6.92 Å². The van der Waals surface area contributed by atoms with E-state index in [0.717, 1.165) is 6.54 Å². The van der Waals surface area contributed by atoms with Crippen LogP contribution in [0.25, 0.3) is 0 Å². The molecular formula is C10H15NS. The first kappa shape index (κ1) is 9.46. The fourth-order valence-electron chi connectivity index (χ4n) is 1.12. The number of likely N-dealkylation sites (N-methyl/N-ethyl adjacent to an activating group) is 1. The summed E-state index contributed by atoms with van der Waals surface area (Å²) in [5.41, 5.74) is 2.70. The Labute approximate surface area is 78.8 Å². The lowest BCUT2D eigenvalue weighted by Gasteiger charge is -2.17. The molecule has 0 aliphatic carbocycles. The van der Waals surface area contributed by atoms with Crippen molar-refractivity contribution in [3.05, 3.63) is 34.9 Å². The van der Waals surface area contributed by atoms with Gasteiger partial charge in [0, 0.05) is 13.6 Å². The fraction of sp³-hybridized carbons (Fsp3) is 0.400. The molecule has 0 aromatic rings. The molecule has 0 aromatic carbocycles. The van der Waals surface area contributed by atoms with Crippen LogP contribution in [0.2, 0.25) is 0 Å². The number of thioether (sulfide) groups is 1. The predicted octanol–water partition coefficient (Wildman–Crippen LogP) is 2.64. The standard InChI is InChI=1S/C10H15NS/c1-9(8-12-3)10-4-6-11(2)7-5-10/h4-6,8H,7H2,1-3H3. The Balaban J connectivity index is 2.66. The molecule has 0 unspecified atom stereocenters. The van der Waals surface area contributed by atoms with Crippen LogP contribution >= 0.6 is 11.8 Å². The van der Waals surface area contributed by atoms with Crippen molar-refractivity contribution in [2.45, 2.75) is 6.92 Å². The summed E-state index contributed by atoms with van der Waals surface area (Å²) in [5, 5.41) is 2.18. The summed E-state index contributed by atoms with van der Waals surface area (Å²) in [5.74, 6) is 0. The molecule has 0 saturated heterocycles. The Kier molecular flexibility index (Phi) is 3.48. The molecule has 0 radical (unpaired) electrons. The number of hydrogen-bond acceptors (Lipinski definition) is 2. The number of allylic oxidation sites excluding steroid dienone is 3. The van der Waals surface area contributed by atoms with Gasteiger partial charge in [-0.3, -0.25) is 0 Å². The zero-order valence-electron chi connectivity index (χ0n) is 7.87. The molecule has 1 nitrogen and oxygen atoms in total. The average Bonchev–Trinajstić information content (AvgIpc) is 2.06. The topological polar surface area (TPSA) is 3.24 Å². The summed E-state index contributed by atoms with van der Waals surface area (Å²) in [6.45, 7) is 3.17. The van der Waals surface area contributed by atoms with Crippen LogP contribution in [0.3, 0.4) is 0 Å². The molecule has 0 bridgehead atoms. The Hall–Kier alpha value is -0.630. The van der Waals surface area contributed by atoms with Crippen molar-refractivity contribution in [3.63, 3.8) is 0 Å². The molecule has 0 N–H and O–H groups in total. The van der Waals surface area contributed by atoms with Gasteiger partial charge < -0.3 is 4.90 Å². The van der Waals surface area contributed by atoms with Crippen LogP contribution in [0, 0.1) is 0 Å². The summed E-state index contributed by atoms with van der Waals surface area (Å²) in [7, 11) is 2.08. The lowest BCUT2D eigenvalue weighted by molar-refractivity contribution is 0.503. The first-order chi connectivity index (χ1) is 5.74. The van der Waals surface area contributed by atoms with E-state index in [1.807, 2.05) is 0 Å². The van der Waals surface area contributed by atoms with Gasteiger partial charge >= 0.3 is 0 Å². The van der Waals surface area contributed by atoms with Gasteiger partial charge in [-0.1, -0.05) is 6.08 Å². The molecule has 12 heavy (non-hydrogen) atoms. The lowest BCUT2D eigenvalue weighted by atomic mass is 10.1. The van der Waals surface area contributed by atoms with E-state index in [0.29, 0.717) is 0 Å². The van der Waals surface area contributed by atoms with Gasteiger partial charge in [0.2, 0.25) is 0 Å². The molecule has 0 saturated carbocycles. The highest BCUT2D eigenvalue weighted by Gasteiger charge is 2.00. The highest BCUT2D eigenvalue weighted by molar-refractivity contribution is 8.01. The molecule has 66 valence electrons. The monoisotopic (exact) mass is 181 g/mol. The van der Waals surface area contributed by atoms with Crippen LogP contribution < -0.4 is 0 Å². The first-order valence-corrected chi connectivity index (χ1v) is 5.31. The molecule has 1 aliphatic rings. The maximum absolute atomic E-state index is 2.25. The van der Waals surface area contributed by atoms with Crippen LogP contribution in [-0.2, 0) is 0 Å². The molecule has 1 heterocycles. The summed E-state index contributed by atoms with van der Waals surface area (Å²) < 4.78 is 0. The lowest BCUT2D eigenvalue weighted by Crippen LogP contribution is -2.13. The fourth-order valence-corrected chi connectivity index (χ4v) is 1.61. The van der Waals surface area contributed by atoms with Gasteiger partial charge in [-0.15, -0.1) is 11.8 Å². The van der Waals surface area contributed by atoms with Crippen molar-refractivity contribution in [3.8, 4) is 0 Å². The van der Waals surface area contributed by atoms with Crippen LogP contribution in [0.15, 0.2) is 34.9 Å².